The highest BCUT2D eigenvalue weighted by Gasteiger charge is 2.73. The van der Waals surface area contributed by atoms with Crippen molar-refractivity contribution in [2.24, 2.45) is 0 Å². The van der Waals surface area contributed by atoms with Crippen LogP contribution in [-0.4, -0.2) is 41.0 Å². The maximum absolute atomic E-state index is 13.4. The number of anilines is 1. The number of nitro groups is 1. The fourth-order valence-electron chi connectivity index (χ4n) is 5.74. The minimum absolute atomic E-state index is 0.0798. The Morgan fingerprint density at radius 3 is 2.90 bits per heavy atom. The maximum atomic E-state index is 13.4. The van der Waals surface area contributed by atoms with Crippen molar-refractivity contribution in [3.05, 3.63) is 68.7 Å². The largest absolute Gasteiger partial charge is 0.479 e. The van der Waals surface area contributed by atoms with E-state index in [4.69, 9.17) is 22.8 Å². The first kappa shape index (κ1) is 19.9. The zero-order chi connectivity index (χ0) is 21.8. The number of carbonyl (C=O) groups is 1. The molecule has 31 heavy (non-hydrogen) atoms. The zero-order valence-corrected chi connectivity index (χ0v) is 17.3. The van der Waals surface area contributed by atoms with E-state index in [-0.39, 0.29) is 23.5 Å². The van der Waals surface area contributed by atoms with Gasteiger partial charge in [-0.05, 0) is 36.6 Å². The van der Waals surface area contributed by atoms with Crippen LogP contribution in [0.4, 0.5) is 5.69 Å². The molecule has 0 radical (unpaired) electrons. The molecule has 3 aliphatic rings. The van der Waals surface area contributed by atoms with Gasteiger partial charge in [0.05, 0.1) is 10.9 Å². The summed E-state index contributed by atoms with van der Waals surface area (Å²) in [7, 11) is 0. The van der Waals surface area contributed by atoms with E-state index in [1.165, 1.54) is 0 Å². The first-order chi connectivity index (χ1) is 15.0. The topological polar surface area (TPSA) is 84.7 Å². The number of ether oxygens (including phenoxy) is 1. The molecule has 5 rings (SSSR count). The lowest BCUT2D eigenvalue weighted by Crippen LogP contribution is -2.55. The van der Waals surface area contributed by atoms with E-state index in [0.29, 0.717) is 28.6 Å². The predicted molar refractivity (Wildman–Crippen MR) is 116 cm³/mol. The van der Waals surface area contributed by atoms with Crippen molar-refractivity contribution in [2.75, 3.05) is 18.5 Å². The van der Waals surface area contributed by atoms with E-state index in [0.717, 1.165) is 18.4 Å². The Balaban J connectivity index is 1.66. The second kappa shape index (κ2) is 7.26. The van der Waals surface area contributed by atoms with Gasteiger partial charge in [-0.25, -0.2) is 0 Å². The number of halogens is 1. The van der Waals surface area contributed by atoms with E-state index in [9.17, 15) is 14.9 Å². The summed E-state index contributed by atoms with van der Waals surface area (Å²) in [5.74, 6) is 2.00. The van der Waals surface area contributed by atoms with Crippen LogP contribution in [0.15, 0.2) is 42.5 Å². The molecule has 158 valence electrons. The van der Waals surface area contributed by atoms with Gasteiger partial charge in [-0.3, -0.25) is 19.8 Å². The van der Waals surface area contributed by atoms with E-state index in [2.05, 4.69) is 11.2 Å². The number of terminal acetylenes is 1. The molecule has 3 aliphatic heterocycles. The van der Waals surface area contributed by atoms with Crippen LogP contribution >= 0.6 is 11.6 Å². The van der Waals surface area contributed by atoms with E-state index >= 15 is 0 Å². The highest BCUT2D eigenvalue weighted by molar-refractivity contribution is 6.32. The van der Waals surface area contributed by atoms with E-state index in [1.807, 2.05) is 23.1 Å². The van der Waals surface area contributed by atoms with Crippen LogP contribution in [0.2, 0.25) is 5.02 Å². The van der Waals surface area contributed by atoms with Gasteiger partial charge in [-0.15, -0.1) is 6.42 Å². The highest BCUT2D eigenvalue weighted by atomic mass is 35.5. The SMILES string of the molecule is C#CCOc1ccc([C@@H]2[C@@H]3CCCN3[C@@]3(C(=O)Nc4ccccc43)[C@@H]2[N+](=O)[O-])cc1Cl. The van der Waals surface area contributed by atoms with E-state index in [1.54, 1.807) is 24.3 Å². The quantitative estimate of drug-likeness (QED) is 0.450. The first-order valence-corrected chi connectivity index (χ1v) is 10.5. The highest BCUT2D eigenvalue weighted by Crippen LogP contribution is 2.58. The third-order valence-electron chi connectivity index (χ3n) is 6.75. The Labute approximate surface area is 184 Å². The van der Waals surface area contributed by atoms with Crippen molar-refractivity contribution in [3.63, 3.8) is 0 Å². The Bertz CT molecular complexity index is 1130. The van der Waals surface area contributed by atoms with Gasteiger partial charge in [0.1, 0.15) is 12.4 Å². The molecule has 0 aliphatic carbocycles. The average molecular weight is 438 g/mol. The molecule has 1 N–H and O–H groups in total. The normalized spacial score (nSPS) is 28.8. The molecule has 2 aromatic carbocycles. The lowest BCUT2D eigenvalue weighted by Gasteiger charge is -2.32. The van der Waals surface area contributed by atoms with Crippen LogP contribution < -0.4 is 10.1 Å². The summed E-state index contributed by atoms with van der Waals surface area (Å²) in [6.45, 7) is 0.709. The molecule has 0 bridgehead atoms. The Morgan fingerprint density at radius 2 is 2.16 bits per heavy atom. The Hall–Kier alpha value is -3.08. The summed E-state index contributed by atoms with van der Waals surface area (Å²) in [5, 5.41) is 15.8. The van der Waals surface area contributed by atoms with Crippen LogP contribution in [0.1, 0.15) is 29.9 Å². The summed E-state index contributed by atoms with van der Waals surface area (Å²) < 4.78 is 5.44. The lowest BCUT2D eigenvalue weighted by molar-refractivity contribution is -0.534. The molecule has 2 saturated heterocycles. The molecule has 2 aromatic rings. The summed E-state index contributed by atoms with van der Waals surface area (Å²) in [6.07, 6.45) is 6.90. The zero-order valence-electron chi connectivity index (χ0n) is 16.6. The molecule has 2 fully saturated rings. The van der Waals surface area contributed by atoms with Crippen molar-refractivity contribution < 1.29 is 14.5 Å². The second-order valence-corrected chi connectivity index (χ2v) is 8.51. The summed E-state index contributed by atoms with van der Waals surface area (Å²) in [6, 6.07) is 11.2. The van der Waals surface area contributed by atoms with Crippen LogP contribution in [0, 0.1) is 22.5 Å². The fourth-order valence-corrected chi connectivity index (χ4v) is 5.98. The van der Waals surface area contributed by atoms with Gasteiger partial charge in [0, 0.05) is 28.8 Å². The number of para-hydroxylation sites is 1. The van der Waals surface area contributed by atoms with Gasteiger partial charge < -0.3 is 10.1 Å². The Kier molecular flexibility index (Phi) is 4.65. The molecule has 3 heterocycles. The lowest BCUT2D eigenvalue weighted by atomic mass is 9.77. The molecular formula is C23H20ClN3O4. The van der Waals surface area contributed by atoms with Gasteiger partial charge in [0.15, 0.2) is 5.54 Å². The van der Waals surface area contributed by atoms with Crippen molar-refractivity contribution in [2.45, 2.75) is 36.4 Å². The number of carbonyl (C=O) groups excluding carboxylic acids is 1. The molecular weight excluding hydrogens is 418 g/mol. The van der Waals surface area contributed by atoms with Gasteiger partial charge in [-0.1, -0.05) is 41.8 Å². The van der Waals surface area contributed by atoms with E-state index < -0.39 is 17.5 Å². The van der Waals surface area contributed by atoms with Gasteiger partial charge in [-0.2, -0.15) is 0 Å². The third kappa shape index (κ3) is 2.68. The number of nitrogens with one attached hydrogen (secondary N) is 1. The number of benzene rings is 2. The molecule has 0 aromatic heterocycles. The monoisotopic (exact) mass is 437 g/mol. The fraction of sp³-hybridized carbons (Fsp3) is 0.348. The van der Waals surface area contributed by atoms with Crippen LogP contribution in [0.3, 0.4) is 0 Å². The summed E-state index contributed by atoms with van der Waals surface area (Å²) in [5.41, 5.74) is 0.709. The molecule has 1 spiro atoms. The first-order valence-electron chi connectivity index (χ1n) is 10.2. The summed E-state index contributed by atoms with van der Waals surface area (Å²) in [4.78, 5) is 27.7. The van der Waals surface area contributed by atoms with Gasteiger partial charge in [0.25, 0.3) is 11.9 Å². The number of amides is 1. The minimum atomic E-state index is -1.34. The molecule has 8 heteroatoms. The number of nitrogens with zero attached hydrogens (tertiary/aromatic N) is 2. The molecule has 0 saturated carbocycles. The summed E-state index contributed by atoms with van der Waals surface area (Å²) >= 11 is 6.42. The number of rotatable bonds is 4. The molecule has 0 unspecified atom stereocenters. The third-order valence-corrected chi connectivity index (χ3v) is 7.04. The molecule has 4 atom stereocenters. The van der Waals surface area contributed by atoms with Crippen LogP contribution in [-0.2, 0) is 10.3 Å². The minimum Gasteiger partial charge on any atom is -0.479 e. The standard InChI is InChI=1S/C23H20ClN3O4/c1-2-12-31-19-10-9-14(13-16(19)24)20-18-8-5-11-26(18)23(21(20)27(29)30)15-6-3-4-7-17(15)25-22(23)28/h1,3-4,6-7,9-10,13,18,20-21H,5,8,11-12H2,(H,25,28)/t18-,20+,21+,23+/m0/s1. The molecule has 1 amide bonds. The molecule has 7 nitrogen and oxygen atoms in total. The van der Waals surface area contributed by atoms with Crippen molar-refractivity contribution in [1.82, 2.24) is 4.90 Å². The van der Waals surface area contributed by atoms with Crippen LogP contribution in [0.5, 0.6) is 5.75 Å². The Morgan fingerprint density at radius 1 is 1.35 bits per heavy atom. The van der Waals surface area contributed by atoms with Crippen molar-refractivity contribution >= 4 is 23.2 Å². The van der Waals surface area contributed by atoms with Crippen molar-refractivity contribution in [3.8, 4) is 18.1 Å². The van der Waals surface area contributed by atoms with Crippen LogP contribution in [0.25, 0.3) is 0 Å². The number of fused-ring (bicyclic) bond motifs is 4. The average Bonchev–Trinajstić information content (AvgIpc) is 3.40. The predicted octanol–water partition coefficient (Wildman–Crippen LogP) is 3.41. The second-order valence-electron chi connectivity index (χ2n) is 8.11. The van der Waals surface area contributed by atoms with Gasteiger partial charge in [0.2, 0.25) is 0 Å². The number of hydrogen-bond donors (Lipinski definition) is 1. The van der Waals surface area contributed by atoms with Gasteiger partial charge >= 0.3 is 0 Å². The number of hydrogen-bond acceptors (Lipinski definition) is 5. The smallest absolute Gasteiger partial charge is 0.256 e. The maximum Gasteiger partial charge on any atom is 0.256 e. The van der Waals surface area contributed by atoms with Crippen molar-refractivity contribution in [1.29, 1.82) is 0 Å².